The van der Waals surface area contributed by atoms with E-state index in [1.54, 1.807) is 7.11 Å². The van der Waals surface area contributed by atoms with Crippen molar-refractivity contribution in [2.24, 2.45) is 5.92 Å². The van der Waals surface area contributed by atoms with Crippen molar-refractivity contribution in [3.05, 3.63) is 0 Å². The Morgan fingerprint density at radius 1 is 1.21 bits per heavy atom. The van der Waals surface area contributed by atoms with Gasteiger partial charge in [0.05, 0.1) is 6.61 Å². The lowest BCUT2D eigenvalue weighted by Gasteiger charge is -2.32. The highest BCUT2D eigenvalue weighted by atomic mass is 16.5. The number of urea groups is 1. The average Bonchev–Trinajstić information content (AvgIpc) is 2.85. The maximum Gasteiger partial charge on any atom is 0.319 e. The van der Waals surface area contributed by atoms with Gasteiger partial charge in [-0.15, -0.1) is 0 Å². The Labute approximate surface area is 117 Å². The van der Waals surface area contributed by atoms with Crippen LogP contribution in [0.3, 0.4) is 0 Å². The summed E-state index contributed by atoms with van der Waals surface area (Å²) in [6.07, 6.45) is 8.43. The number of likely N-dealkylation sites (tertiary alicyclic amines) is 1. The van der Waals surface area contributed by atoms with Gasteiger partial charge < -0.3 is 14.5 Å². The second-order valence-corrected chi connectivity index (χ2v) is 6.09. The van der Waals surface area contributed by atoms with Crippen molar-refractivity contribution < 1.29 is 9.53 Å². The topological polar surface area (TPSA) is 32.8 Å². The molecule has 2 aliphatic rings. The molecule has 1 saturated heterocycles. The zero-order valence-electron chi connectivity index (χ0n) is 12.4. The number of hydrogen-bond acceptors (Lipinski definition) is 2. The van der Waals surface area contributed by atoms with E-state index in [1.807, 2.05) is 11.9 Å². The van der Waals surface area contributed by atoms with Crippen molar-refractivity contribution >= 4 is 6.03 Å². The smallest absolute Gasteiger partial charge is 0.319 e. The van der Waals surface area contributed by atoms with Crippen molar-refractivity contribution in [2.45, 2.75) is 51.0 Å². The summed E-state index contributed by atoms with van der Waals surface area (Å²) in [5.41, 5.74) is 0. The van der Waals surface area contributed by atoms with Gasteiger partial charge in [-0.25, -0.2) is 4.79 Å². The lowest BCUT2D eigenvalue weighted by atomic mass is 10.1. The molecule has 0 aromatic rings. The molecule has 4 nitrogen and oxygen atoms in total. The molecule has 1 heterocycles. The summed E-state index contributed by atoms with van der Waals surface area (Å²) in [7, 11) is 3.73. The number of amides is 2. The molecule has 1 atom stereocenters. The average molecular weight is 268 g/mol. The normalized spacial score (nSPS) is 25.4. The van der Waals surface area contributed by atoms with Crippen LogP contribution >= 0.6 is 0 Å². The number of carbonyl (C=O) groups is 1. The molecule has 1 unspecified atom stereocenters. The second-order valence-electron chi connectivity index (χ2n) is 6.09. The van der Waals surface area contributed by atoms with E-state index in [0.29, 0.717) is 12.0 Å². The molecule has 0 bridgehead atoms. The van der Waals surface area contributed by atoms with Crippen LogP contribution in [-0.4, -0.2) is 55.7 Å². The molecule has 0 N–H and O–H groups in total. The van der Waals surface area contributed by atoms with Crippen molar-refractivity contribution in [2.75, 3.05) is 33.9 Å². The summed E-state index contributed by atoms with van der Waals surface area (Å²) in [4.78, 5) is 16.6. The number of methoxy groups -OCH3 is 1. The van der Waals surface area contributed by atoms with Crippen LogP contribution < -0.4 is 0 Å². The Morgan fingerprint density at radius 2 is 1.89 bits per heavy atom. The van der Waals surface area contributed by atoms with Crippen molar-refractivity contribution in [3.8, 4) is 0 Å². The van der Waals surface area contributed by atoms with Gasteiger partial charge in [-0.1, -0.05) is 19.3 Å². The third kappa shape index (κ3) is 3.85. The number of carbonyl (C=O) groups excluding carboxylic acids is 1. The first kappa shape index (κ1) is 14.6. The van der Waals surface area contributed by atoms with Crippen LogP contribution in [0.4, 0.5) is 4.79 Å². The SMILES string of the molecule is COCC1CCCCN(C(=O)N(C)C2CCCC2)C1. The van der Waals surface area contributed by atoms with Crippen LogP contribution in [0.15, 0.2) is 0 Å². The Bertz CT molecular complexity index is 290. The number of hydrogen-bond donors (Lipinski definition) is 0. The summed E-state index contributed by atoms with van der Waals surface area (Å²) in [5.74, 6) is 0.508. The molecule has 1 aliphatic heterocycles. The van der Waals surface area contributed by atoms with Crippen LogP contribution in [0.2, 0.25) is 0 Å². The summed E-state index contributed by atoms with van der Waals surface area (Å²) < 4.78 is 5.27. The molecule has 1 aliphatic carbocycles. The number of rotatable bonds is 3. The summed E-state index contributed by atoms with van der Waals surface area (Å²) in [5, 5.41) is 0. The minimum absolute atomic E-state index is 0.231. The highest BCUT2D eigenvalue weighted by molar-refractivity contribution is 5.74. The fourth-order valence-corrected chi connectivity index (χ4v) is 3.45. The lowest BCUT2D eigenvalue weighted by molar-refractivity contribution is 0.114. The van der Waals surface area contributed by atoms with E-state index in [2.05, 4.69) is 4.90 Å². The van der Waals surface area contributed by atoms with E-state index in [0.717, 1.165) is 26.1 Å². The fourth-order valence-electron chi connectivity index (χ4n) is 3.45. The third-order valence-electron chi connectivity index (χ3n) is 4.62. The maximum absolute atomic E-state index is 12.6. The third-order valence-corrected chi connectivity index (χ3v) is 4.62. The minimum Gasteiger partial charge on any atom is -0.384 e. The first-order chi connectivity index (χ1) is 9.22. The fraction of sp³-hybridized carbons (Fsp3) is 0.933. The lowest BCUT2D eigenvalue weighted by Crippen LogP contribution is -2.46. The molecular weight excluding hydrogens is 240 g/mol. The van der Waals surface area contributed by atoms with Gasteiger partial charge in [-0.2, -0.15) is 0 Å². The minimum atomic E-state index is 0.231. The summed E-state index contributed by atoms with van der Waals surface area (Å²) in [6.45, 7) is 2.55. The van der Waals surface area contributed by atoms with Gasteiger partial charge in [0.1, 0.15) is 0 Å². The van der Waals surface area contributed by atoms with Gasteiger partial charge >= 0.3 is 6.03 Å². The van der Waals surface area contributed by atoms with Crippen LogP contribution in [0.5, 0.6) is 0 Å². The van der Waals surface area contributed by atoms with E-state index in [1.165, 1.54) is 38.5 Å². The van der Waals surface area contributed by atoms with Gasteiger partial charge in [0.2, 0.25) is 0 Å². The van der Waals surface area contributed by atoms with Crippen LogP contribution in [0.25, 0.3) is 0 Å². The van der Waals surface area contributed by atoms with Gasteiger partial charge in [0.15, 0.2) is 0 Å². The van der Waals surface area contributed by atoms with Crippen LogP contribution in [0, 0.1) is 5.92 Å². The van der Waals surface area contributed by atoms with Crippen molar-refractivity contribution in [1.29, 1.82) is 0 Å². The van der Waals surface area contributed by atoms with Crippen LogP contribution in [-0.2, 0) is 4.74 Å². The number of nitrogens with zero attached hydrogens (tertiary/aromatic N) is 2. The molecular formula is C15H28N2O2. The highest BCUT2D eigenvalue weighted by Crippen LogP contribution is 2.24. The van der Waals surface area contributed by atoms with Gasteiger partial charge in [0, 0.05) is 33.3 Å². The first-order valence-corrected chi connectivity index (χ1v) is 7.73. The molecule has 2 amide bonds. The molecule has 4 heteroatoms. The van der Waals surface area contributed by atoms with E-state index in [9.17, 15) is 4.79 Å². The van der Waals surface area contributed by atoms with E-state index in [4.69, 9.17) is 4.74 Å². The van der Waals surface area contributed by atoms with E-state index < -0.39 is 0 Å². The van der Waals surface area contributed by atoms with Gasteiger partial charge in [-0.3, -0.25) is 0 Å². The maximum atomic E-state index is 12.6. The Hall–Kier alpha value is -0.770. The molecule has 0 spiro atoms. The van der Waals surface area contributed by atoms with E-state index >= 15 is 0 Å². The molecule has 0 aromatic carbocycles. The summed E-state index contributed by atoms with van der Waals surface area (Å²) >= 11 is 0. The molecule has 110 valence electrons. The van der Waals surface area contributed by atoms with Crippen molar-refractivity contribution in [3.63, 3.8) is 0 Å². The first-order valence-electron chi connectivity index (χ1n) is 7.73. The zero-order chi connectivity index (χ0) is 13.7. The van der Waals surface area contributed by atoms with Gasteiger partial charge in [-0.05, 0) is 31.6 Å². The summed E-state index contributed by atoms with van der Waals surface area (Å²) in [6, 6.07) is 0.700. The second kappa shape index (κ2) is 7.13. The Morgan fingerprint density at radius 3 is 2.58 bits per heavy atom. The number of ether oxygens (including phenoxy) is 1. The predicted octanol–water partition coefficient (Wildman–Crippen LogP) is 2.73. The molecule has 1 saturated carbocycles. The molecule has 0 radical (unpaired) electrons. The predicted molar refractivity (Wildman–Crippen MR) is 76.2 cm³/mol. The zero-order valence-corrected chi connectivity index (χ0v) is 12.4. The Kier molecular flexibility index (Phi) is 5.49. The molecule has 2 rings (SSSR count). The Balaban J connectivity index is 1.91. The van der Waals surface area contributed by atoms with Gasteiger partial charge in [0.25, 0.3) is 0 Å². The van der Waals surface area contributed by atoms with Crippen LogP contribution in [0.1, 0.15) is 44.9 Å². The van der Waals surface area contributed by atoms with E-state index in [-0.39, 0.29) is 6.03 Å². The highest BCUT2D eigenvalue weighted by Gasteiger charge is 2.29. The molecule has 0 aromatic heterocycles. The quantitative estimate of drug-likeness (QED) is 0.788. The standard InChI is InChI=1S/C15H28N2O2/c1-16(14-8-3-4-9-14)15(18)17-10-6-5-7-13(11-17)12-19-2/h13-14H,3-12H2,1-2H3. The largest absolute Gasteiger partial charge is 0.384 e. The molecule has 19 heavy (non-hydrogen) atoms. The molecule has 2 fully saturated rings. The van der Waals surface area contributed by atoms with Crippen molar-refractivity contribution in [1.82, 2.24) is 9.80 Å². The monoisotopic (exact) mass is 268 g/mol.